The van der Waals surface area contributed by atoms with Crippen molar-refractivity contribution in [3.63, 3.8) is 0 Å². The van der Waals surface area contributed by atoms with Crippen LogP contribution in [-0.4, -0.2) is 33.4 Å². The number of halogens is 1. The van der Waals surface area contributed by atoms with E-state index in [0.29, 0.717) is 39.1 Å². The monoisotopic (exact) mass is 430 g/mol. The first-order valence-electron chi connectivity index (χ1n) is 9.90. The van der Waals surface area contributed by atoms with Gasteiger partial charge in [0.25, 0.3) is 5.91 Å². The molecular formula is C24H19FN4O3. The van der Waals surface area contributed by atoms with Crippen LogP contribution in [0.1, 0.15) is 22.8 Å². The highest BCUT2D eigenvalue weighted by atomic mass is 19.1. The molecule has 32 heavy (non-hydrogen) atoms. The molecule has 0 aliphatic heterocycles. The van der Waals surface area contributed by atoms with Crippen LogP contribution < -0.4 is 5.32 Å². The van der Waals surface area contributed by atoms with Crippen molar-refractivity contribution in [1.29, 1.82) is 0 Å². The number of esters is 1. The number of hydrogen-bond acceptors (Lipinski definition) is 5. The number of benzene rings is 2. The lowest BCUT2D eigenvalue weighted by Gasteiger charge is -2.08. The molecule has 0 radical (unpaired) electrons. The van der Waals surface area contributed by atoms with E-state index < -0.39 is 17.7 Å². The van der Waals surface area contributed by atoms with Gasteiger partial charge >= 0.3 is 5.97 Å². The lowest BCUT2D eigenvalue weighted by atomic mass is 10.1. The van der Waals surface area contributed by atoms with Gasteiger partial charge in [-0.05, 0) is 30.7 Å². The van der Waals surface area contributed by atoms with E-state index in [1.807, 2.05) is 6.07 Å². The fraction of sp³-hybridized carbons (Fsp3) is 0.0833. The van der Waals surface area contributed by atoms with Crippen LogP contribution in [0.25, 0.3) is 28.4 Å². The second-order valence-corrected chi connectivity index (χ2v) is 6.81. The van der Waals surface area contributed by atoms with Crippen LogP contribution in [0.4, 0.5) is 10.1 Å². The zero-order valence-corrected chi connectivity index (χ0v) is 17.1. The topological polar surface area (TPSA) is 97.0 Å². The molecule has 0 aliphatic rings. The molecule has 2 aromatic heterocycles. The average Bonchev–Trinajstić information content (AvgIpc) is 3.24. The minimum absolute atomic E-state index is 0.234. The summed E-state index contributed by atoms with van der Waals surface area (Å²) in [6.07, 6.45) is 4.06. The molecule has 2 aromatic carbocycles. The summed E-state index contributed by atoms with van der Waals surface area (Å²) in [5, 5.41) is 3.05. The number of fused-ring (bicyclic) bond motifs is 1. The van der Waals surface area contributed by atoms with Gasteiger partial charge in [-0.1, -0.05) is 42.5 Å². The Hall–Kier alpha value is -4.33. The van der Waals surface area contributed by atoms with E-state index in [2.05, 4.69) is 20.3 Å². The van der Waals surface area contributed by atoms with Crippen molar-refractivity contribution in [2.75, 3.05) is 11.9 Å². The summed E-state index contributed by atoms with van der Waals surface area (Å²) in [6.45, 7) is 1.96. The third kappa shape index (κ3) is 4.39. The van der Waals surface area contributed by atoms with Gasteiger partial charge in [-0.2, -0.15) is 0 Å². The number of nitrogens with zero attached hydrogens (tertiary/aromatic N) is 2. The number of aromatic nitrogens is 3. The number of rotatable bonds is 6. The van der Waals surface area contributed by atoms with Crippen molar-refractivity contribution in [2.24, 2.45) is 0 Å². The van der Waals surface area contributed by atoms with E-state index in [0.717, 1.165) is 0 Å². The Morgan fingerprint density at radius 3 is 2.72 bits per heavy atom. The van der Waals surface area contributed by atoms with E-state index in [4.69, 9.17) is 4.74 Å². The summed E-state index contributed by atoms with van der Waals surface area (Å²) in [4.78, 5) is 36.1. The van der Waals surface area contributed by atoms with Gasteiger partial charge in [0.15, 0.2) is 5.83 Å². The highest BCUT2D eigenvalue weighted by Crippen LogP contribution is 2.30. The molecule has 2 N–H and O–H groups in total. The molecule has 7 nitrogen and oxygen atoms in total. The number of nitrogens with one attached hydrogen (secondary N) is 2. The van der Waals surface area contributed by atoms with Gasteiger partial charge in [0, 0.05) is 17.4 Å². The van der Waals surface area contributed by atoms with Gasteiger partial charge in [-0.3, -0.25) is 4.79 Å². The number of H-pyrrole nitrogens is 1. The number of hydrogen-bond donors (Lipinski definition) is 2. The van der Waals surface area contributed by atoms with E-state index in [1.54, 1.807) is 55.5 Å². The highest BCUT2D eigenvalue weighted by molar-refractivity contribution is 6.09. The molecular weight excluding hydrogens is 411 g/mol. The maximum atomic E-state index is 14.3. The summed E-state index contributed by atoms with van der Waals surface area (Å²) >= 11 is 0. The second-order valence-electron chi connectivity index (χ2n) is 6.81. The first-order valence-corrected chi connectivity index (χ1v) is 9.90. The van der Waals surface area contributed by atoms with Gasteiger partial charge in [0.05, 0.1) is 23.3 Å². The fourth-order valence-corrected chi connectivity index (χ4v) is 3.25. The SMILES string of the molecule is CCOC(=O)c1c[nH]c2ncnc(-c3cccc(NC(=O)/C(F)=C/c4ccccc4)c3)c12. The van der Waals surface area contributed by atoms with Crippen molar-refractivity contribution >= 4 is 34.7 Å². The predicted octanol–water partition coefficient (Wildman–Crippen LogP) is 4.75. The molecule has 1 amide bonds. The Labute approximate surface area is 183 Å². The molecule has 8 heteroatoms. The molecule has 4 rings (SSSR count). The van der Waals surface area contributed by atoms with Crippen molar-refractivity contribution in [3.8, 4) is 11.3 Å². The molecule has 4 aromatic rings. The number of carbonyl (C=O) groups is 2. The van der Waals surface area contributed by atoms with Gasteiger partial charge in [-0.25, -0.2) is 19.2 Å². The second kappa shape index (κ2) is 9.22. The van der Waals surface area contributed by atoms with Crippen LogP contribution in [0, 0.1) is 0 Å². The van der Waals surface area contributed by atoms with Crippen molar-refractivity contribution in [3.05, 3.63) is 84.1 Å². The molecule has 0 spiro atoms. The number of ether oxygens (including phenoxy) is 1. The van der Waals surface area contributed by atoms with Crippen LogP contribution in [0.5, 0.6) is 0 Å². The molecule has 0 aliphatic carbocycles. The molecule has 0 atom stereocenters. The van der Waals surface area contributed by atoms with Crippen LogP contribution >= 0.6 is 0 Å². The maximum absolute atomic E-state index is 14.3. The smallest absolute Gasteiger partial charge is 0.340 e. The maximum Gasteiger partial charge on any atom is 0.340 e. The van der Waals surface area contributed by atoms with E-state index in [-0.39, 0.29) is 6.61 Å². The molecule has 0 unspecified atom stereocenters. The number of amides is 1. The molecule has 0 saturated carbocycles. The molecule has 2 heterocycles. The Bertz CT molecular complexity index is 1320. The zero-order valence-electron chi connectivity index (χ0n) is 17.1. The number of carbonyl (C=O) groups excluding carboxylic acids is 2. The minimum Gasteiger partial charge on any atom is -0.462 e. The summed E-state index contributed by atoms with van der Waals surface area (Å²) in [6, 6.07) is 15.5. The highest BCUT2D eigenvalue weighted by Gasteiger charge is 2.19. The van der Waals surface area contributed by atoms with E-state index >= 15 is 0 Å². The minimum atomic E-state index is -0.915. The van der Waals surface area contributed by atoms with Crippen molar-refractivity contribution in [2.45, 2.75) is 6.92 Å². The Kier molecular flexibility index (Phi) is 6.03. The van der Waals surface area contributed by atoms with Crippen molar-refractivity contribution < 1.29 is 18.7 Å². The van der Waals surface area contributed by atoms with Crippen LogP contribution in [0.15, 0.2) is 72.9 Å². The van der Waals surface area contributed by atoms with E-state index in [9.17, 15) is 14.0 Å². The summed E-state index contributed by atoms with van der Waals surface area (Å²) in [7, 11) is 0. The Morgan fingerprint density at radius 2 is 1.94 bits per heavy atom. The van der Waals surface area contributed by atoms with Gasteiger partial charge in [0.2, 0.25) is 0 Å². The normalized spacial score (nSPS) is 11.4. The standard InChI is InChI=1S/C24H19FN4O3/c1-2-32-24(31)18-13-26-22-20(18)21(27-14-28-22)16-9-6-10-17(12-16)29-23(30)19(25)11-15-7-4-3-5-8-15/h3-14H,2H2,1H3,(H,29,30)(H,26,27,28)/b19-11-. The lowest BCUT2D eigenvalue weighted by molar-refractivity contribution is -0.114. The average molecular weight is 430 g/mol. The van der Waals surface area contributed by atoms with Gasteiger partial charge in [0.1, 0.15) is 12.0 Å². The Balaban J connectivity index is 1.64. The van der Waals surface area contributed by atoms with Gasteiger partial charge in [-0.15, -0.1) is 0 Å². The lowest BCUT2D eigenvalue weighted by Crippen LogP contribution is -2.11. The third-order valence-corrected chi connectivity index (χ3v) is 4.67. The van der Waals surface area contributed by atoms with E-state index in [1.165, 1.54) is 18.6 Å². The summed E-state index contributed by atoms with van der Waals surface area (Å²) in [5.41, 5.74) is 2.84. The van der Waals surface area contributed by atoms with Crippen LogP contribution in [0.3, 0.4) is 0 Å². The van der Waals surface area contributed by atoms with Crippen molar-refractivity contribution in [1.82, 2.24) is 15.0 Å². The molecule has 0 saturated heterocycles. The zero-order chi connectivity index (χ0) is 22.5. The summed E-state index contributed by atoms with van der Waals surface area (Å²) < 4.78 is 19.5. The number of anilines is 1. The first-order chi connectivity index (χ1) is 15.6. The predicted molar refractivity (Wildman–Crippen MR) is 119 cm³/mol. The molecule has 160 valence electrons. The first kappa shape index (κ1) is 20.9. The molecule has 0 bridgehead atoms. The molecule has 0 fully saturated rings. The van der Waals surface area contributed by atoms with Crippen LogP contribution in [0.2, 0.25) is 0 Å². The van der Waals surface area contributed by atoms with Crippen LogP contribution in [-0.2, 0) is 9.53 Å². The van der Waals surface area contributed by atoms with Gasteiger partial charge < -0.3 is 15.0 Å². The third-order valence-electron chi connectivity index (χ3n) is 4.67. The Morgan fingerprint density at radius 1 is 1.12 bits per heavy atom. The largest absolute Gasteiger partial charge is 0.462 e. The fourth-order valence-electron chi connectivity index (χ4n) is 3.25. The summed E-state index contributed by atoms with van der Waals surface area (Å²) in [5.74, 6) is -2.28. The quantitative estimate of drug-likeness (QED) is 0.340. The number of aromatic amines is 1.